The maximum absolute atomic E-state index is 10.4. The molecular weight excluding hydrogens is 140 g/mol. The second kappa shape index (κ2) is 5.36. The van der Waals surface area contributed by atoms with E-state index < -0.39 is 6.03 Å². The normalized spacial score (nSPS) is 11.2. The van der Waals surface area contributed by atoms with Gasteiger partial charge in [-0.1, -0.05) is 6.08 Å². The van der Waals surface area contributed by atoms with Crippen LogP contribution in [-0.4, -0.2) is 12.1 Å². The standard InChI is InChI=1S/C8H12N2O/c1-3-5-7(6-4-2)10-8(9)11/h1,4,7H,2,5-6H2,(H3,9,10,11). The largest absolute Gasteiger partial charge is 0.352 e. The number of nitrogens with two attached hydrogens (primary N) is 1. The third kappa shape index (κ3) is 5.04. The molecule has 1 unspecified atom stereocenters. The maximum atomic E-state index is 10.4. The van der Waals surface area contributed by atoms with Crippen molar-refractivity contribution in [2.45, 2.75) is 18.9 Å². The fraction of sp³-hybridized carbons (Fsp3) is 0.375. The number of primary amides is 1. The van der Waals surface area contributed by atoms with Gasteiger partial charge in [-0.25, -0.2) is 4.79 Å². The fourth-order valence-corrected chi connectivity index (χ4v) is 0.738. The SMILES string of the molecule is C#CCC(CC=C)NC(N)=O. The molecule has 2 amide bonds. The number of urea groups is 1. The fourth-order valence-electron chi connectivity index (χ4n) is 0.738. The number of terminal acetylenes is 1. The Morgan fingerprint density at radius 2 is 2.55 bits per heavy atom. The van der Waals surface area contributed by atoms with Gasteiger partial charge in [0, 0.05) is 12.5 Å². The van der Waals surface area contributed by atoms with E-state index in [1.165, 1.54) is 0 Å². The van der Waals surface area contributed by atoms with Crippen molar-refractivity contribution in [3.05, 3.63) is 12.7 Å². The lowest BCUT2D eigenvalue weighted by Gasteiger charge is -2.11. The molecule has 0 aliphatic carbocycles. The minimum Gasteiger partial charge on any atom is -0.352 e. The first kappa shape index (κ1) is 9.57. The average Bonchev–Trinajstić information content (AvgIpc) is 1.87. The number of rotatable bonds is 4. The first-order valence-corrected chi connectivity index (χ1v) is 3.31. The molecule has 0 fully saturated rings. The molecular formula is C8H12N2O. The Morgan fingerprint density at radius 3 is 2.91 bits per heavy atom. The van der Waals surface area contributed by atoms with E-state index in [1.54, 1.807) is 6.08 Å². The van der Waals surface area contributed by atoms with Crippen molar-refractivity contribution in [3.8, 4) is 12.3 Å². The van der Waals surface area contributed by atoms with Gasteiger partial charge in [0.2, 0.25) is 0 Å². The first-order valence-electron chi connectivity index (χ1n) is 3.31. The van der Waals surface area contributed by atoms with Gasteiger partial charge >= 0.3 is 6.03 Å². The van der Waals surface area contributed by atoms with Crippen LogP contribution in [-0.2, 0) is 0 Å². The number of amides is 2. The summed E-state index contributed by atoms with van der Waals surface area (Å²) in [5, 5.41) is 2.51. The van der Waals surface area contributed by atoms with Gasteiger partial charge in [0.25, 0.3) is 0 Å². The quantitative estimate of drug-likeness (QED) is 0.450. The Labute approximate surface area is 66.7 Å². The van der Waals surface area contributed by atoms with Crippen molar-refractivity contribution < 1.29 is 4.79 Å². The molecule has 0 aromatic rings. The average molecular weight is 152 g/mol. The highest BCUT2D eigenvalue weighted by Gasteiger charge is 2.05. The molecule has 60 valence electrons. The van der Waals surface area contributed by atoms with E-state index >= 15 is 0 Å². The molecule has 0 aliphatic heterocycles. The molecule has 0 aromatic carbocycles. The summed E-state index contributed by atoms with van der Waals surface area (Å²) in [6.07, 6.45) is 7.88. The van der Waals surface area contributed by atoms with Crippen molar-refractivity contribution in [3.63, 3.8) is 0 Å². The van der Waals surface area contributed by atoms with Crippen LogP contribution >= 0.6 is 0 Å². The lowest BCUT2D eigenvalue weighted by Crippen LogP contribution is -2.38. The highest BCUT2D eigenvalue weighted by Crippen LogP contribution is 1.96. The van der Waals surface area contributed by atoms with Gasteiger partial charge in [-0.3, -0.25) is 0 Å². The second-order valence-corrected chi connectivity index (χ2v) is 2.14. The molecule has 0 rings (SSSR count). The Bertz CT molecular complexity index is 181. The van der Waals surface area contributed by atoms with E-state index in [2.05, 4.69) is 17.8 Å². The molecule has 0 aliphatic rings. The predicted octanol–water partition coefficient (Wildman–Crippen LogP) is 0.623. The number of nitrogens with one attached hydrogen (secondary N) is 1. The first-order chi connectivity index (χ1) is 5.20. The molecule has 11 heavy (non-hydrogen) atoms. The number of hydrogen-bond donors (Lipinski definition) is 2. The molecule has 0 aromatic heterocycles. The molecule has 0 bridgehead atoms. The maximum Gasteiger partial charge on any atom is 0.312 e. The molecule has 0 heterocycles. The van der Waals surface area contributed by atoms with Crippen LogP contribution in [0.4, 0.5) is 4.79 Å². The third-order valence-electron chi connectivity index (χ3n) is 1.16. The van der Waals surface area contributed by atoms with Crippen molar-refractivity contribution in [1.82, 2.24) is 5.32 Å². The zero-order valence-corrected chi connectivity index (χ0v) is 6.34. The van der Waals surface area contributed by atoms with E-state index in [1.807, 2.05) is 0 Å². The van der Waals surface area contributed by atoms with Crippen LogP contribution < -0.4 is 11.1 Å². The lowest BCUT2D eigenvalue weighted by atomic mass is 10.1. The van der Waals surface area contributed by atoms with Crippen LogP contribution in [0.25, 0.3) is 0 Å². The van der Waals surface area contributed by atoms with Crippen LogP contribution in [0.3, 0.4) is 0 Å². The minimum absolute atomic E-state index is 0.0741. The number of carbonyl (C=O) groups is 1. The van der Waals surface area contributed by atoms with Crippen LogP contribution in [0.5, 0.6) is 0 Å². The Balaban J connectivity index is 3.79. The molecule has 0 spiro atoms. The molecule has 3 nitrogen and oxygen atoms in total. The summed E-state index contributed by atoms with van der Waals surface area (Å²) >= 11 is 0. The van der Waals surface area contributed by atoms with Gasteiger partial charge in [-0.15, -0.1) is 18.9 Å². The Hall–Kier alpha value is -1.43. The minimum atomic E-state index is -0.549. The third-order valence-corrected chi connectivity index (χ3v) is 1.16. The van der Waals surface area contributed by atoms with Gasteiger partial charge < -0.3 is 11.1 Å². The summed E-state index contributed by atoms with van der Waals surface area (Å²) < 4.78 is 0. The van der Waals surface area contributed by atoms with Crippen molar-refractivity contribution >= 4 is 6.03 Å². The van der Waals surface area contributed by atoms with Crippen LogP contribution in [0.1, 0.15) is 12.8 Å². The van der Waals surface area contributed by atoms with E-state index in [9.17, 15) is 4.79 Å². The van der Waals surface area contributed by atoms with Gasteiger partial charge in [0.05, 0.1) is 0 Å². The zero-order valence-electron chi connectivity index (χ0n) is 6.34. The summed E-state index contributed by atoms with van der Waals surface area (Å²) in [6, 6.07) is -0.623. The van der Waals surface area contributed by atoms with E-state index in [0.29, 0.717) is 12.8 Å². The van der Waals surface area contributed by atoms with Crippen LogP contribution in [0.2, 0.25) is 0 Å². The highest BCUT2D eigenvalue weighted by atomic mass is 16.2. The zero-order chi connectivity index (χ0) is 8.69. The number of hydrogen-bond acceptors (Lipinski definition) is 1. The van der Waals surface area contributed by atoms with Crippen molar-refractivity contribution in [2.24, 2.45) is 5.73 Å². The summed E-state index contributed by atoms with van der Waals surface area (Å²) in [7, 11) is 0. The van der Waals surface area contributed by atoms with Crippen LogP contribution in [0.15, 0.2) is 12.7 Å². The Morgan fingerprint density at radius 1 is 1.91 bits per heavy atom. The van der Waals surface area contributed by atoms with Crippen LogP contribution in [0, 0.1) is 12.3 Å². The number of carbonyl (C=O) groups excluding carboxylic acids is 1. The highest BCUT2D eigenvalue weighted by molar-refractivity contribution is 5.72. The van der Waals surface area contributed by atoms with Gasteiger partial charge in [0.1, 0.15) is 0 Å². The lowest BCUT2D eigenvalue weighted by molar-refractivity contribution is 0.245. The van der Waals surface area contributed by atoms with Gasteiger partial charge in [-0.2, -0.15) is 0 Å². The summed E-state index contributed by atoms with van der Waals surface area (Å²) in [5.74, 6) is 2.44. The van der Waals surface area contributed by atoms with E-state index in [0.717, 1.165) is 0 Å². The predicted molar refractivity (Wildman–Crippen MR) is 44.8 cm³/mol. The molecule has 3 heteroatoms. The van der Waals surface area contributed by atoms with E-state index in [4.69, 9.17) is 12.2 Å². The van der Waals surface area contributed by atoms with Crippen molar-refractivity contribution in [1.29, 1.82) is 0 Å². The molecule has 0 radical (unpaired) electrons. The smallest absolute Gasteiger partial charge is 0.312 e. The second-order valence-electron chi connectivity index (χ2n) is 2.14. The monoisotopic (exact) mass is 152 g/mol. The molecule has 0 saturated heterocycles. The molecule has 3 N–H and O–H groups in total. The summed E-state index contributed by atoms with van der Waals surface area (Å²) in [6.45, 7) is 3.53. The van der Waals surface area contributed by atoms with E-state index in [-0.39, 0.29) is 6.04 Å². The topological polar surface area (TPSA) is 55.1 Å². The Kier molecular flexibility index (Phi) is 4.67. The van der Waals surface area contributed by atoms with Gasteiger partial charge in [0.15, 0.2) is 0 Å². The van der Waals surface area contributed by atoms with Gasteiger partial charge in [-0.05, 0) is 6.42 Å². The molecule has 0 saturated carbocycles. The summed E-state index contributed by atoms with van der Waals surface area (Å²) in [4.78, 5) is 10.4. The molecule has 1 atom stereocenters. The van der Waals surface area contributed by atoms with Crippen molar-refractivity contribution in [2.75, 3.05) is 0 Å². The summed E-state index contributed by atoms with van der Waals surface area (Å²) in [5.41, 5.74) is 4.90.